The molecular formula is C26H22N2O4S. The molecule has 0 saturated heterocycles. The number of thiophene rings is 1. The van der Waals surface area contributed by atoms with E-state index >= 15 is 0 Å². The monoisotopic (exact) mass is 458 g/mol. The Bertz CT molecular complexity index is 1290. The maximum absolute atomic E-state index is 12.4. The van der Waals surface area contributed by atoms with Gasteiger partial charge in [0.15, 0.2) is 11.5 Å². The van der Waals surface area contributed by atoms with Gasteiger partial charge in [-0.05, 0) is 58.5 Å². The number of hydrazone groups is 1. The van der Waals surface area contributed by atoms with Crippen LogP contribution in [0.25, 0.3) is 10.8 Å². The molecule has 0 bridgehead atoms. The van der Waals surface area contributed by atoms with Gasteiger partial charge < -0.3 is 9.47 Å². The molecule has 0 atom stereocenters. The SMILES string of the molecule is CCOc1cc(C=NNC(=O)Cc2cccc3ccccc23)ccc1OC(=O)c1cccs1. The van der Waals surface area contributed by atoms with E-state index in [-0.39, 0.29) is 12.3 Å². The molecular weight excluding hydrogens is 436 g/mol. The zero-order valence-electron chi connectivity index (χ0n) is 18.0. The van der Waals surface area contributed by atoms with Crippen molar-refractivity contribution < 1.29 is 19.1 Å². The number of fused-ring (bicyclic) bond motifs is 1. The van der Waals surface area contributed by atoms with Crippen LogP contribution in [0, 0.1) is 0 Å². The van der Waals surface area contributed by atoms with Crippen molar-refractivity contribution in [3.63, 3.8) is 0 Å². The first-order valence-corrected chi connectivity index (χ1v) is 11.3. The summed E-state index contributed by atoms with van der Waals surface area (Å²) in [6.07, 6.45) is 1.74. The molecule has 0 unspecified atom stereocenters. The summed E-state index contributed by atoms with van der Waals surface area (Å²) in [5.41, 5.74) is 4.20. The second kappa shape index (κ2) is 10.6. The summed E-state index contributed by atoms with van der Waals surface area (Å²) >= 11 is 1.31. The Morgan fingerprint density at radius 1 is 1.00 bits per heavy atom. The summed E-state index contributed by atoms with van der Waals surface area (Å²) < 4.78 is 11.1. The van der Waals surface area contributed by atoms with Crippen LogP contribution in [0.1, 0.15) is 27.7 Å². The number of hydrogen-bond donors (Lipinski definition) is 1. The van der Waals surface area contributed by atoms with Crippen LogP contribution < -0.4 is 14.9 Å². The maximum atomic E-state index is 12.4. The Morgan fingerprint density at radius 3 is 2.67 bits per heavy atom. The number of nitrogens with zero attached hydrogens (tertiary/aromatic N) is 1. The predicted octanol–water partition coefficient (Wildman–Crippen LogP) is 5.21. The molecule has 3 aromatic carbocycles. The normalized spacial score (nSPS) is 10.9. The number of ether oxygens (including phenoxy) is 2. The third kappa shape index (κ3) is 5.64. The smallest absolute Gasteiger partial charge is 0.353 e. The van der Waals surface area contributed by atoms with Gasteiger partial charge in [-0.25, -0.2) is 10.2 Å². The van der Waals surface area contributed by atoms with Crippen LogP contribution in [0.4, 0.5) is 0 Å². The van der Waals surface area contributed by atoms with E-state index in [1.54, 1.807) is 30.3 Å². The van der Waals surface area contributed by atoms with E-state index in [4.69, 9.17) is 9.47 Å². The maximum Gasteiger partial charge on any atom is 0.353 e. The Hall–Kier alpha value is -3.97. The number of esters is 1. The highest BCUT2D eigenvalue weighted by molar-refractivity contribution is 7.12. The van der Waals surface area contributed by atoms with Gasteiger partial charge in [0, 0.05) is 0 Å². The molecule has 0 spiro atoms. The Labute approximate surface area is 195 Å². The van der Waals surface area contributed by atoms with Crippen LogP contribution in [-0.4, -0.2) is 24.7 Å². The zero-order valence-corrected chi connectivity index (χ0v) is 18.8. The van der Waals surface area contributed by atoms with E-state index in [1.165, 1.54) is 17.6 Å². The summed E-state index contributed by atoms with van der Waals surface area (Å²) in [6, 6.07) is 22.4. The van der Waals surface area contributed by atoms with Crippen LogP contribution in [0.2, 0.25) is 0 Å². The van der Waals surface area contributed by atoms with Gasteiger partial charge in [0.1, 0.15) is 4.88 Å². The highest BCUT2D eigenvalue weighted by Crippen LogP contribution is 2.29. The van der Waals surface area contributed by atoms with Crippen molar-refractivity contribution in [2.75, 3.05) is 6.61 Å². The fourth-order valence-electron chi connectivity index (χ4n) is 3.34. The van der Waals surface area contributed by atoms with E-state index < -0.39 is 5.97 Å². The molecule has 6 nitrogen and oxygen atoms in total. The molecule has 0 aliphatic heterocycles. The number of carbonyl (C=O) groups is 2. The van der Waals surface area contributed by atoms with Crippen molar-refractivity contribution in [1.82, 2.24) is 5.43 Å². The lowest BCUT2D eigenvalue weighted by Crippen LogP contribution is -2.19. The second-order valence-corrected chi connectivity index (χ2v) is 8.06. The summed E-state index contributed by atoms with van der Waals surface area (Å²) in [4.78, 5) is 25.2. The molecule has 1 aromatic heterocycles. The second-order valence-electron chi connectivity index (χ2n) is 7.11. The molecule has 0 saturated carbocycles. The van der Waals surface area contributed by atoms with Gasteiger partial charge in [-0.2, -0.15) is 5.10 Å². The lowest BCUT2D eigenvalue weighted by molar-refractivity contribution is -0.120. The van der Waals surface area contributed by atoms with E-state index in [1.807, 2.05) is 54.8 Å². The molecule has 33 heavy (non-hydrogen) atoms. The summed E-state index contributed by atoms with van der Waals surface area (Å²) in [5, 5.41) is 8.02. The summed E-state index contributed by atoms with van der Waals surface area (Å²) in [7, 11) is 0. The first-order chi connectivity index (χ1) is 16.1. The number of hydrogen-bond acceptors (Lipinski definition) is 6. The number of benzene rings is 3. The van der Waals surface area contributed by atoms with Crippen molar-refractivity contribution in [2.45, 2.75) is 13.3 Å². The van der Waals surface area contributed by atoms with Gasteiger partial charge in [0.05, 0.1) is 19.2 Å². The lowest BCUT2D eigenvalue weighted by atomic mass is 10.0. The zero-order chi connectivity index (χ0) is 23.0. The quantitative estimate of drug-likeness (QED) is 0.170. The Balaban J connectivity index is 1.41. The largest absolute Gasteiger partial charge is 0.490 e. The van der Waals surface area contributed by atoms with Gasteiger partial charge in [0.25, 0.3) is 0 Å². The minimum Gasteiger partial charge on any atom is -0.490 e. The standard InChI is InChI=1S/C26H22N2O4S/c1-2-31-23-15-18(12-13-22(23)32-26(30)24-11-6-14-33-24)17-27-28-25(29)16-20-9-5-8-19-7-3-4-10-21(19)20/h3-15,17H,2,16H2,1H3,(H,28,29). The average molecular weight is 459 g/mol. The third-order valence-electron chi connectivity index (χ3n) is 4.83. The van der Waals surface area contributed by atoms with Gasteiger partial charge in [0.2, 0.25) is 5.91 Å². The molecule has 1 N–H and O–H groups in total. The topological polar surface area (TPSA) is 77.0 Å². The van der Waals surface area contributed by atoms with Crippen molar-refractivity contribution in [3.8, 4) is 11.5 Å². The Morgan fingerprint density at radius 2 is 1.85 bits per heavy atom. The van der Waals surface area contributed by atoms with Crippen LogP contribution >= 0.6 is 11.3 Å². The molecule has 0 aliphatic rings. The molecule has 1 amide bonds. The van der Waals surface area contributed by atoms with Gasteiger partial charge in [-0.1, -0.05) is 48.5 Å². The highest BCUT2D eigenvalue weighted by atomic mass is 32.1. The van der Waals surface area contributed by atoms with Crippen molar-refractivity contribution in [3.05, 3.63) is 94.2 Å². The van der Waals surface area contributed by atoms with Gasteiger partial charge in [-0.3, -0.25) is 4.79 Å². The summed E-state index contributed by atoms with van der Waals surface area (Å²) in [6.45, 7) is 2.26. The first-order valence-electron chi connectivity index (χ1n) is 10.4. The van der Waals surface area contributed by atoms with Gasteiger partial charge in [-0.15, -0.1) is 11.3 Å². The minimum atomic E-state index is -0.437. The number of amides is 1. The van der Waals surface area contributed by atoms with Crippen molar-refractivity contribution in [2.24, 2.45) is 5.10 Å². The fraction of sp³-hybridized carbons (Fsp3) is 0.115. The molecule has 7 heteroatoms. The van der Waals surface area contributed by atoms with E-state index in [0.29, 0.717) is 28.5 Å². The molecule has 1 heterocycles. The Kier molecular flexibility index (Phi) is 7.12. The van der Waals surface area contributed by atoms with Crippen LogP contribution in [0.15, 0.2) is 83.3 Å². The van der Waals surface area contributed by atoms with Crippen molar-refractivity contribution in [1.29, 1.82) is 0 Å². The molecule has 0 radical (unpaired) electrons. The lowest BCUT2D eigenvalue weighted by Gasteiger charge is -2.10. The average Bonchev–Trinajstić information content (AvgIpc) is 3.36. The van der Waals surface area contributed by atoms with Crippen molar-refractivity contribution >= 4 is 40.2 Å². The van der Waals surface area contributed by atoms with Crippen LogP contribution in [0.5, 0.6) is 11.5 Å². The van der Waals surface area contributed by atoms with E-state index in [0.717, 1.165) is 16.3 Å². The predicted molar refractivity (Wildman–Crippen MR) is 130 cm³/mol. The number of carbonyl (C=O) groups excluding carboxylic acids is 2. The molecule has 166 valence electrons. The van der Waals surface area contributed by atoms with E-state index in [9.17, 15) is 9.59 Å². The minimum absolute atomic E-state index is 0.214. The first kappa shape index (κ1) is 22.2. The highest BCUT2D eigenvalue weighted by Gasteiger charge is 2.14. The van der Waals surface area contributed by atoms with E-state index in [2.05, 4.69) is 10.5 Å². The van der Waals surface area contributed by atoms with Crippen LogP contribution in [-0.2, 0) is 11.2 Å². The molecule has 4 rings (SSSR count). The van der Waals surface area contributed by atoms with Crippen LogP contribution in [0.3, 0.4) is 0 Å². The third-order valence-corrected chi connectivity index (χ3v) is 5.68. The molecule has 4 aromatic rings. The molecule has 0 fully saturated rings. The summed E-state index contributed by atoms with van der Waals surface area (Å²) in [5.74, 6) is 0.100. The van der Waals surface area contributed by atoms with Gasteiger partial charge >= 0.3 is 5.97 Å². The fourth-order valence-corrected chi connectivity index (χ4v) is 3.94. The molecule has 0 aliphatic carbocycles. The number of rotatable bonds is 8. The number of nitrogens with one attached hydrogen (secondary N) is 1.